The number of hydrogen-bond donors (Lipinski definition) is 2. The molecule has 158 valence electrons. The zero-order chi connectivity index (χ0) is 20.5. The highest BCUT2D eigenvalue weighted by Crippen LogP contribution is 2.25. The molecule has 9 nitrogen and oxygen atoms in total. The summed E-state index contributed by atoms with van der Waals surface area (Å²) in [4.78, 5) is 44.2. The topological polar surface area (TPSA) is 96.4 Å². The van der Waals surface area contributed by atoms with Gasteiger partial charge in [-0.3, -0.25) is 19.4 Å². The fourth-order valence-corrected chi connectivity index (χ4v) is 4.21. The van der Waals surface area contributed by atoms with Crippen molar-refractivity contribution in [1.29, 1.82) is 0 Å². The first kappa shape index (κ1) is 21.0. The first-order chi connectivity index (χ1) is 13.1. The molecule has 3 fully saturated rings. The van der Waals surface area contributed by atoms with Crippen LogP contribution in [0.1, 0.15) is 33.1 Å². The summed E-state index contributed by atoms with van der Waals surface area (Å²) in [6.45, 7) is 8.52. The van der Waals surface area contributed by atoms with E-state index in [0.29, 0.717) is 38.9 Å². The molecule has 3 aliphatic rings. The summed E-state index contributed by atoms with van der Waals surface area (Å²) in [5.74, 6) is -0.628. The van der Waals surface area contributed by atoms with Crippen LogP contribution in [-0.2, 0) is 9.59 Å². The molecule has 0 unspecified atom stereocenters. The summed E-state index contributed by atoms with van der Waals surface area (Å²) in [5.41, 5.74) is -1.77. The number of amides is 4. The molecule has 28 heavy (non-hydrogen) atoms. The van der Waals surface area contributed by atoms with Gasteiger partial charge in [-0.05, 0) is 40.2 Å². The Morgan fingerprint density at radius 2 is 1.75 bits per heavy atom. The van der Waals surface area contributed by atoms with Crippen LogP contribution in [0.4, 0.5) is 4.79 Å². The first-order valence-electron chi connectivity index (χ1n) is 10.1. The molecule has 3 rings (SSSR count). The van der Waals surface area contributed by atoms with Crippen molar-refractivity contribution in [2.24, 2.45) is 0 Å². The Balaban J connectivity index is 1.54. The molecule has 0 bridgehead atoms. The lowest BCUT2D eigenvalue weighted by Crippen LogP contribution is -2.51. The third-order valence-electron chi connectivity index (χ3n) is 6.12. The molecular weight excluding hydrogens is 362 g/mol. The molecule has 0 aromatic rings. The fourth-order valence-electron chi connectivity index (χ4n) is 4.21. The van der Waals surface area contributed by atoms with Crippen LogP contribution in [0.5, 0.6) is 0 Å². The number of rotatable bonds is 4. The molecule has 0 spiro atoms. The number of nitrogens with zero attached hydrogens (tertiary/aromatic N) is 4. The normalized spacial score (nSPS) is 29.7. The minimum Gasteiger partial charge on any atom is -0.388 e. The summed E-state index contributed by atoms with van der Waals surface area (Å²) in [6, 6.07) is -0.523. The van der Waals surface area contributed by atoms with E-state index in [1.54, 1.807) is 18.7 Å². The van der Waals surface area contributed by atoms with Gasteiger partial charge in [0.1, 0.15) is 12.1 Å². The lowest BCUT2D eigenvalue weighted by Gasteiger charge is -2.38. The third kappa shape index (κ3) is 4.64. The van der Waals surface area contributed by atoms with Crippen molar-refractivity contribution in [1.82, 2.24) is 24.9 Å². The number of β-amino-alcohol motifs (C(OH)–C–C–N with tert-alkyl or cyclic N) is 1. The van der Waals surface area contributed by atoms with Crippen LogP contribution in [-0.4, -0.2) is 113 Å². The van der Waals surface area contributed by atoms with Crippen molar-refractivity contribution >= 4 is 17.8 Å². The van der Waals surface area contributed by atoms with Crippen LogP contribution in [0.2, 0.25) is 0 Å². The molecule has 0 aromatic heterocycles. The standard InChI is InChI=1S/C19H33N5O4/c1-18(2)16(26)24(17(27)20-18)13-15(25)23-7-4-5-19(28,6-8-23)14-22-11-9-21(3)10-12-22/h28H,4-14H2,1-3H3,(H,20,27)/t19-/m0/s1. The molecule has 3 saturated heterocycles. The molecule has 3 heterocycles. The average molecular weight is 396 g/mol. The van der Waals surface area contributed by atoms with E-state index in [-0.39, 0.29) is 18.4 Å². The van der Waals surface area contributed by atoms with Crippen molar-refractivity contribution in [2.45, 2.75) is 44.2 Å². The first-order valence-corrected chi connectivity index (χ1v) is 10.1. The van der Waals surface area contributed by atoms with E-state index >= 15 is 0 Å². The molecule has 0 aliphatic carbocycles. The van der Waals surface area contributed by atoms with Gasteiger partial charge in [0.2, 0.25) is 5.91 Å². The molecule has 3 aliphatic heterocycles. The van der Waals surface area contributed by atoms with E-state index in [1.165, 1.54) is 0 Å². The molecule has 0 aromatic carbocycles. The largest absolute Gasteiger partial charge is 0.388 e. The van der Waals surface area contributed by atoms with Crippen molar-refractivity contribution in [3.8, 4) is 0 Å². The Kier molecular flexibility index (Phi) is 5.97. The second-order valence-electron chi connectivity index (χ2n) is 8.98. The van der Waals surface area contributed by atoms with E-state index < -0.39 is 17.2 Å². The maximum absolute atomic E-state index is 12.7. The average Bonchev–Trinajstić information content (AvgIpc) is 2.77. The van der Waals surface area contributed by atoms with Crippen LogP contribution in [0.15, 0.2) is 0 Å². The summed E-state index contributed by atoms with van der Waals surface area (Å²) in [5, 5.41) is 13.7. The van der Waals surface area contributed by atoms with Crippen molar-refractivity contribution in [3.63, 3.8) is 0 Å². The molecular formula is C19H33N5O4. The second-order valence-corrected chi connectivity index (χ2v) is 8.98. The number of likely N-dealkylation sites (N-methyl/N-ethyl adjacent to an activating group) is 1. The van der Waals surface area contributed by atoms with E-state index in [4.69, 9.17) is 0 Å². The van der Waals surface area contributed by atoms with Crippen LogP contribution < -0.4 is 5.32 Å². The predicted molar refractivity (Wildman–Crippen MR) is 104 cm³/mol. The lowest BCUT2D eigenvalue weighted by molar-refractivity contribution is -0.138. The maximum Gasteiger partial charge on any atom is 0.325 e. The van der Waals surface area contributed by atoms with Crippen molar-refractivity contribution in [3.05, 3.63) is 0 Å². The zero-order valence-electron chi connectivity index (χ0n) is 17.2. The Morgan fingerprint density at radius 3 is 2.36 bits per heavy atom. The SMILES string of the molecule is CN1CCN(C[C@]2(O)CCCN(C(=O)CN3C(=O)NC(C)(C)C3=O)CC2)CC1. The lowest BCUT2D eigenvalue weighted by atomic mass is 9.94. The van der Waals surface area contributed by atoms with Crippen LogP contribution in [0, 0.1) is 0 Å². The Labute approximate surface area is 166 Å². The van der Waals surface area contributed by atoms with Gasteiger partial charge in [0.15, 0.2) is 0 Å². The minimum atomic E-state index is -0.973. The van der Waals surface area contributed by atoms with Gasteiger partial charge in [-0.25, -0.2) is 4.79 Å². The zero-order valence-corrected chi connectivity index (χ0v) is 17.2. The maximum atomic E-state index is 12.7. The Morgan fingerprint density at radius 1 is 1.07 bits per heavy atom. The Bertz CT molecular complexity index is 632. The molecule has 9 heteroatoms. The van der Waals surface area contributed by atoms with Crippen molar-refractivity contribution < 1.29 is 19.5 Å². The van der Waals surface area contributed by atoms with Gasteiger partial charge in [-0.2, -0.15) is 0 Å². The van der Waals surface area contributed by atoms with E-state index in [0.717, 1.165) is 31.1 Å². The van der Waals surface area contributed by atoms with Crippen LogP contribution >= 0.6 is 0 Å². The molecule has 0 saturated carbocycles. The monoisotopic (exact) mass is 395 g/mol. The van der Waals surface area contributed by atoms with Gasteiger partial charge in [0, 0.05) is 45.8 Å². The highest BCUT2D eigenvalue weighted by molar-refractivity contribution is 6.08. The number of carbonyl (C=O) groups is 3. The van der Waals surface area contributed by atoms with Gasteiger partial charge in [-0.15, -0.1) is 0 Å². The highest BCUT2D eigenvalue weighted by Gasteiger charge is 2.45. The minimum absolute atomic E-state index is 0.245. The van der Waals surface area contributed by atoms with Gasteiger partial charge in [-0.1, -0.05) is 0 Å². The van der Waals surface area contributed by atoms with Gasteiger partial charge < -0.3 is 20.2 Å². The third-order valence-corrected chi connectivity index (χ3v) is 6.12. The second kappa shape index (κ2) is 7.96. The quantitative estimate of drug-likeness (QED) is 0.612. The predicted octanol–water partition coefficient (Wildman–Crippen LogP) is -0.692. The molecule has 4 amide bonds. The number of imide groups is 1. The summed E-state index contributed by atoms with van der Waals surface area (Å²) in [6.07, 6.45) is 1.87. The van der Waals surface area contributed by atoms with Crippen molar-refractivity contribution in [2.75, 3.05) is 59.4 Å². The van der Waals surface area contributed by atoms with E-state index in [2.05, 4.69) is 22.2 Å². The fraction of sp³-hybridized carbons (Fsp3) is 0.842. The van der Waals surface area contributed by atoms with Gasteiger partial charge in [0.25, 0.3) is 5.91 Å². The number of carbonyl (C=O) groups excluding carboxylic acids is 3. The van der Waals surface area contributed by atoms with Crippen LogP contribution in [0.3, 0.4) is 0 Å². The van der Waals surface area contributed by atoms with Gasteiger partial charge >= 0.3 is 6.03 Å². The number of likely N-dealkylation sites (tertiary alicyclic amines) is 1. The number of piperazine rings is 1. The smallest absolute Gasteiger partial charge is 0.325 e. The summed E-state index contributed by atoms with van der Waals surface area (Å²) >= 11 is 0. The molecule has 2 N–H and O–H groups in total. The summed E-state index contributed by atoms with van der Waals surface area (Å²) < 4.78 is 0. The van der Waals surface area contributed by atoms with Crippen LogP contribution in [0.25, 0.3) is 0 Å². The number of aliphatic hydroxyl groups is 1. The van der Waals surface area contributed by atoms with E-state index in [9.17, 15) is 19.5 Å². The Hall–Kier alpha value is -1.71. The molecule has 1 atom stereocenters. The number of hydrogen-bond acceptors (Lipinski definition) is 6. The highest BCUT2D eigenvalue weighted by atomic mass is 16.3. The van der Waals surface area contributed by atoms with Gasteiger partial charge in [0.05, 0.1) is 5.60 Å². The summed E-state index contributed by atoms with van der Waals surface area (Å²) in [7, 11) is 2.10. The number of nitrogens with one attached hydrogen (secondary N) is 1. The molecule has 0 radical (unpaired) electrons. The number of urea groups is 1. The van der Waals surface area contributed by atoms with E-state index in [1.807, 2.05) is 0 Å².